The van der Waals surface area contributed by atoms with Crippen LogP contribution >= 0.6 is 0 Å². The molecule has 0 radical (unpaired) electrons. The van der Waals surface area contributed by atoms with Gasteiger partial charge in [-0.3, -0.25) is 0 Å². The summed E-state index contributed by atoms with van der Waals surface area (Å²) in [6.07, 6.45) is 3.92. The van der Waals surface area contributed by atoms with E-state index in [4.69, 9.17) is 5.11 Å². The van der Waals surface area contributed by atoms with E-state index < -0.39 is 5.97 Å². The number of pyridine rings is 1. The second-order valence-electron chi connectivity index (χ2n) is 3.63. The number of carboxylic acids is 1. The molecule has 1 heterocycles. The van der Waals surface area contributed by atoms with Crippen LogP contribution < -0.4 is 4.57 Å². The van der Waals surface area contributed by atoms with E-state index in [0.29, 0.717) is 5.56 Å². The number of benzene rings is 1. The SMILES string of the molecule is C[n+]1ccc(-c2ccc(C(=O)O)cc2)cc1. The van der Waals surface area contributed by atoms with Crippen LogP contribution in [0, 0.1) is 0 Å². The van der Waals surface area contributed by atoms with Gasteiger partial charge in [0.25, 0.3) is 0 Å². The van der Waals surface area contributed by atoms with E-state index in [-0.39, 0.29) is 0 Å². The predicted molar refractivity (Wildman–Crippen MR) is 60.0 cm³/mol. The van der Waals surface area contributed by atoms with Crippen LogP contribution in [0.15, 0.2) is 48.8 Å². The maximum Gasteiger partial charge on any atom is 0.335 e. The Hall–Kier alpha value is -2.16. The molecule has 0 aliphatic carbocycles. The monoisotopic (exact) mass is 214 g/mol. The van der Waals surface area contributed by atoms with Crippen LogP contribution in [-0.4, -0.2) is 11.1 Å². The molecule has 0 aliphatic heterocycles. The van der Waals surface area contributed by atoms with Crippen LogP contribution in [0.25, 0.3) is 11.1 Å². The molecular weight excluding hydrogens is 202 g/mol. The number of aryl methyl sites for hydroxylation is 1. The van der Waals surface area contributed by atoms with Crippen LogP contribution in [0.1, 0.15) is 10.4 Å². The third kappa shape index (κ3) is 2.08. The van der Waals surface area contributed by atoms with E-state index in [0.717, 1.165) is 11.1 Å². The first-order valence-corrected chi connectivity index (χ1v) is 4.96. The Bertz CT molecular complexity index is 500. The molecule has 0 bridgehead atoms. The summed E-state index contributed by atoms with van der Waals surface area (Å²) in [7, 11) is 1.96. The molecule has 2 aromatic rings. The first kappa shape index (κ1) is 10.4. The maximum atomic E-state index is 10.7. The van der Waals surface area contributed by atoms with Gasteiger partial charge in [0.2, 0.25) is 0 Å². The van der Waals surface area contributed by atoms with E-state index in [1.807, 2.05) is 48.3 Å². The van der Waals surface area contributed by atoms with Gasteiger partial charge in [0, 0.05) is 12.1 Å². The lowest BCUT2D eigenvalue weighted by molar-refractivity contribution is -0.671. The first-order valence-electron chi connectivity index (χ1n) is 4.96. The Morgan fingerprint density at radius 1 is 1.00 bits per heavy atom. The summed E-state index contributed by atoms with van der Waals surface area (Å²) in [6.45, 7) is 0. The molecule has 0 saturated heterocycles. The second-order valence-corrected chi connectivity index (χ2v) is 3.63. The van der Waals surface area contributed by atoms with Crippen molar-refractivity contribution in [3.8, 4) is 11.1 Å². The van der Waals surface area contributed by atoms with E-state index in [1.54, 1.807) is 12.1 Å². The van der Waals surface area contributed by atoms with Gasteiger partial charge in [0.05, 0.1) is 5.56 Å². The quantitative estimate of drug-likeness (QED) is 0.775. The van der Waals surface area contributed by atoms with Crippen molar-refractivity contribution in [3.63, 3.8) is 0 Å². The largest absolute Gasteiger partial charge is 0.478 e. The molecule has 16 heavy (non-hydrogen) atoms. The molecule has 0 amide bonds. The summed E-state index contributed by atoms with van der Waals surface area (Å²) in [5.41, 5.74) is 2.41. The van der Waals surface area contributed by atoms with Gasteiger partial charge in [0.1, 0.15) is 7.05 Å². The van der Waals surface area contributed by atoms with Crippen LogP contribution in [0.5, 0.6) is 0 Å². The Morgan fingerprint density at radius 3 is 2.00 bits per heavy atom. The van der Waals surface area contributed by atoms with Crippen molar-refractivity contribution in [1.29, 1.82) is 0 Å². The van der Waals surface area contributed by atoms with Gasteiger partial charge in [0.15, 0.2) is 12.4 Å². The summed E-state index contributed by atoms with van der Waals surface area (Å²) in [5.74, 6) is -0.897. The van der Waals surface area contributed by atoms with Crippen LogP contribution in [-0.2, 0) is 7.05 Å². The molecule has 0 saturated carbocycles. The van der Waals surface area contributed by atoms with Crippen molar-refractivity contribution < 1.29 is 14.5 Å². The van der Waals surface area contributed by atoms with Crippen molar-refractivity contribution in [2.75, 3.05) is 0 Å². The minimum absolute atomic E-state index is 0.310. The molecule has 0 unspecified atom stereocenters. The summed E-state index contributed by atoms with van der Waals surface area (Å²) in [5, 5.41) is 8.78. The van der Waals surface area contributed by atoms with E-state index in [9.17, 15) is 4.79 Å². The Morgan fingerprint density at radius 2 is 1.50 bits per heavy atom. The summed E-state index contributed by atoms with van der Waals surface area (Å²) in [4.78, 5) is 10.7. The molecule has 2 rings (SSSR count). The van der Waals surface area contributed by atoms with Crippen molar-refractivity contribution in [1.82, 2.24) is 0 Å². The average Bonchev–Trinajstić information content (AvgIpc) is 2.30. The second kappa shape index (κ2) is 4.14. The zero-order valence-electron chi connectivity index (χ0n) is 8.92. The van der Waals surface area contributed by atoms with E-state index >= 15 is 0 Å². The first-order chi connectivity index (χ1) is 7.66. The lowest BCUT2D eigenvalue weighted by Gasteiger charge is -2.00. The van der Waals surface area contributed by atoms with Gasteiger partial charge < -0.3 is 5.11 Å². The highest BCUT2D eigenvalue weighted by Gasteiger charge is 2.03. The number of hydrogen-bond acceptors (Lipinski definition) is 1. The maximum absolute atomic E-state index is 10.7. The fourth-order valence-electron chi connectivity index (χ4n) is 1.50. The third-order valence-corrected chi connectivity index (χ3v) is 2.44. The number of nitrogens with zero attached hydrogens (tertiary/aromatic N) is 1. The van der Waals surface area contributed by atoms with Crippen molar-refractivity contribution in [3.05, 3.63) is 54.4 Å². The average molecular weight is 214 g/mol. The smallest absolute Gasteiger partial charge is 0.335 e. The van der Waals surface area contributed by atoms with Gasteiger partial charge in [-0.25, -0.2) is 9.36 Å². The number of carboxylic acid groups (broad SMARTS) is 1. The number of hydrogen-bond donors (Lipinski definition) is 1. The van der Waals surface area contributed by atoms with Crippen LogP contribution in [0.3, 0.4) is 0 Å². The standard InChI is InChI=1S/C13H11NO2/c1-14-8-6-11(7-9-14)10-2-4-12(5-3-10)13(15)16/h2-9H,1H3/p+1. The molecule has 0 aliphatic rings. The van der Waals surface area contributed by atoms with Gasteiger partial charge in [-0.1, -0.05) is 12.1 Å². The molecule has 3 heteroatoms. The highest BCUT2D eigenvalue weighted by molar-refractivity contribution is 5.88. The predicted octanol–water partition coefficient (Wildman–Crippen LogP) is 1.88. The molecule has 0 atom stereocenters. The van der Waals surface area contributed by atoms with Crippen molar-refractivity contribution >= 4 is 5.97 Å². The van der Waals surface area contributed by atoms with E-state index in [2.05, 4.69) is 0 Å². The lowest BCUT2D eigenvalue weighted by atomic mass is 10.1. The molecule has 0 spiro atoms. The van der Waals surface area contributed by atoms with Gasteiger partial charge in [-0.05, 0) is 23.3 Å². The molecular formula is C13H12NO2+. The van der Waals surface area contributed by atoms with Gasteiger partial charge >= 0.3 is 5.97 Å². The highest BCUT2D eigenvalue weighted by atomic mass is 16.4. The van der Waals surface area contributed by atoms with Gasteiger partial charge in [-0.15, -0.1) is 0 Å². The molecule has 1 aromatic heterocycles. The minimum Gasteiger partial charge on any atom is -0.478 e. The Labute approximate surface area is 93.6 Å². The van der Waals surface area contributed by atoms with Crippen molar-refractivity contribution in [2.45, 2.75) is 0 Å². The lowest BCUT2D eigenvalue weighted by Crippen LogP contribution is -2.25. The zero-order valence-corrected chi connectivity index (χ0v) is 8.92. The number of aromatic nitrogens is 1. The normalized spacial score (nSPS) is 10.1. The van der Waals surface area contributed by atoms with Crippen molar-refractivity contribution in [2.24, 2.45) is 7.05 Å². The molecule has 0 fully saturated rings. The molecule has 1 aromatic carbocycles. The number of carbonyl (C=O) groups is 1. The van der Waals surface area contributed by atoms with Gasteiger partial charge in [-0.2, -0.15) is 0 Å². The van der Waals surface area contributed by atoms with Crippen LogP contribution in [0.4, 0.5) is 0 Å². The summed E-state index contributed by atoms with van der Waals surface area (Å²) < 4.78 is 1.95. The zero-order chi connectivity index (χ0) is 11.5. The summed E-state index contributed by atoms with van der Waals surface area (Å²) in [6, 6.07) is 10.9. The molecule has 80 valence electrons. The van der Waals surface area contributed by atoms with E-state index in [1.165, 1.54) is 0 Å². The number of aromatic carboxylic acids is 1. The number of rotatable bonds is 2. The minimum atomic E-state index is -0.897. The fraction of sp³-hybridized carbons (Fsp3) is 0.0769. The summed E-state index contributed by atoms with van der Waals surface area (Å²) >= 11 is 0. The topological polar surface area (TPSA) is 41.2 Å². The fourth-order valence-corrected chi connectivity index (χ4v) is 1.50. The Balaban J connectivity index is 2.34. The van der Waals surface area contributed by atoms with Crippen LogP contribution in [0.2, 0.25) is 0 Å². The third-order valence-electron chi connectivity index (χ3n) is 2.44. The molecule has 1 N–H and O–H groups in total. The molecule has 3 nitrogen and oxygen atoms in total. The Kier molecular flexibility index (Phi) is 2.68. The highest BCUT2D eigenvalue weighted by Crippen LogP contribution is 2.18.